The van der Waals surface area contributed by atoms with Crippen molar-refractivity contribution in [2.45, 2.75) is 41.9 Å². The third kappa shape index (κ3) is 5.86. The standard InChI is InChI=1S/C29H30FN3O6S/c30-22-10-5-11-23(17-22)39-29(21-8-2-1-3-9-21)18-33(19-29)40(36,37)24-12-4-7-20(15-24)16-25(31)28(35)38-26-13-6-14-32-27(26)34/h1-5,7-12,15,17,25-26H,6,13-14,16,18-19,31H2,(H,32,34)/t25-,26?/m0/s1. The topological polar surface area (TPSA) is 128 Å². The molecule has 2 saturated heterocycles. The van der Waals surface area contributed by atoms with Gasteiger partial charge in [-0.2, -0.15) is 4.31 Å². The summed E-state index contributed by atoms with van der Waals surface area (Å²) < 4.78 is 53.7. The number of amides is 1. The summed E-state index contributed by atoms with van der Waals surface area (Å²) in [5.74, 6) is -1.22. The Morgan fingerprint density at radius 2 is 1.82 bits per heavy atom. The fourth-order valence-electron chi connectivity index (χ4n) is 4.90. The molecule has 2 aliphatic heterocycles. The van der Waals surface area contributed by atoms with E-state index in [0.717, 1.165) is 5.56 Å². The number of hydrogen-bond acceptors (Lipinski definition) is 7. The zero-order valence-electron chi connectivity index (χ0n) is 21.7. The molecule has 40 heavy (non-hydrogen) atoms. The van der Waals surface area contributed by atoms with Gasteiger partial charge in [-0.05, 0) is 54.7 Å². The maximum Gasteiger partial charge on any atom is 0.324 e. The van der Waals surface area contributed by atoms with Gasteiger partial charge in [0.1, 0.15) is 17.6 Å². The lowest BCUT2D eigenvalue weighted by atomic mass is 9.87. The summed E-state index contributed by atoms with van der Waals surface area (Å²) in [6.45, 7) is 0.589. The fourth-order valence-corrected chi connectivity index (χ4v) is 6.51. The van der Waals surface area contributed by atoms with E-state index in [9.17, 15) is 22.4 Å². The number of sulfonamides is 1. The molecule has 0 bridgehead atoms. The Morgan fingerprint density at radius 1 is 1.07 bits per heavy atom. The smallest absolute Gasteiger partial charge is 0.324 e. The molecule has 3 N–H and O–H groups in total. The molecule has 0 saturated carbocycles. The average molecular weight is 568 g/mol. The molecular formula is C29H30FN3O6S. The van der Waals surface area contributed by atoms with E-state index < -0.39 is 39.6 Å². The number of carbonyl (C=O) groups excluding carboxylic acids is 2. The molecule has 11 heteroatoms. The quantitative estimate of drug-likeness (QED) is 0.380. The van der Waals surface area contributed by atoms with Gasteiger partial charge in [-0.1, -0.05) is 48.5 Å². The summed E-state index contributed by atoms with van der Waals surface area (Å²) in [4.78, 5) is 24.4. The van der Waals surface area contributed by atoms with Gasteiger partial charge in [0.25, 0.3) is 5.91 Å². The Labute approximate surface area is 232 Å². The molecule has 3 aromatic rings. The summed E-state index contributed by atoms with van der Waals surface area (Å²) in [6, 6.07) is 20.1. The summed E-state index contributed by atoms with van der Waals surface area (Å²) in [7, 11) is -3.92. The van der Waals surface area contributed by atoms with Gasteiger partial charge in [0.2, 0.25) is 10.0 Å². The monoisotopic (exact) mass is 567 g/mol. The van der Waals surface area contributed by atoms with Gasteiger partial charge in [0.05, 0.1) is 18.0 Å². The van der Waals surface area contributed by atoms with Gasteiger partial charge in [0.15, 0.2) is 11.7 Å². The number of esters is 1. The van der Waals surface area contributed by atoms with Gasteiger partial charge < -0.3 is 20.5 Å². The average Bonchev–Trinajstić information content (AvgIpc) is 2.92. The van der Waals surface area contributed by atoms with E-state index in [1.54, 1.807) is 18.2 Å². The highest BCUT2D eigenvalue weighted by Gasteiger charge is 2.52. The number of nitrogens with two attached hydrogens (primary N) is 1. The molecule has 0 radical (unpaired) electrons. The molecule has 0 aliphatic carbocycles. The van der Waals surface area contributed by atoms with Crippen molar-refractivity contribution in [3.8, 4) is 5.75 Å². The van der Waals surface area contributed by atoms with Gasteiger partial charge in [-0.3, -0.25) is 9.59 Å². The summed E-state index contributed by atoms with van der Waals surface area (Å²) in [5, 5.41) is 2.65. The number of rotatable bonds is 9. The normalized spacial score (nSPS) is 19.6. The van der Waals surface area contributed by atoms with Crippen LogP contribution in [0.1, 0.15) is 24.0 Å². The zero-order chi connectivity index (χ0) is 28.3. The second-order valence-corrected chi connectivity index (χ2v) is 11.9. The van der Waals surface area contributed by atoms with Crippen molar-refractivity contribution in [3.05, 3.63) is 95.8 Å². The number of piperidine rings is 1. The first-order valence-corrected chi connectivity index (χ1v) is 14.4. The van der Waals surface area contributed by atoms with Crippen LogP contribution in [0.2, 0.25) is 0 Å². The van der Waals surface area contributed by atoms with Crippen LogP contribution in [-0.4, -0.2) is 56.4 Å². The van der Waals surface area contributed by atoms with Crippen molar-refractivity contribution < 1.29 is 31.9 Å². The lowest BCUT2D eigenvalue weighted by molar-refractivity contribution is -0.158. The van der Waals surface area contributed by atoms with Crippen LogP contribution in [0.3, 0.4) is 0 Å². The van der Waals surface area contributed by atoms with E-state index in [4.69, 9.17) is 15.2 Å². The molecule has 2 heterocycles. The Kier molecular flexibility index (Phi) is 7.88. The van der Waals surface area contributed by atoms with E-state index in [1.165, 1.54) is 34.6 Å². The Hall–Kier alpha value is -3.80. The van der Waals surface area contributed by atoms with Crippen LogP contribution < -0.4 is 15.8 Å². The maximum atomic E-state index is 13.8. The van der Waals surface area contributed by atoms with Crippen molar-refractivity contribution in [2.24, 2.45) is 5.73 Å². The molecule has 1 unspecified atom stereocenters. The fraction of sp³-hybridized carbons (Fsp3) is 0.310. The zero-order valence-corrected chi connectivity index (χ0v) is 22.5. The van der Waals surface area contributed by atoms with Crippen LogP contribution in [0.15, 0.2) is 83.8 Å². The first-order chi connectivity index (χ1) is 19.2. The number of benzene rings is 3. The lowest BCUT2D eigenvalue weighted by Gasteiger charge is -2.48. The number of ether oxygens (including phenoxy) is 2. The molecule has 0 aromatic heterocycles. The van der Waals surface area contributed by atoms with Crippen LogP contribution in [0.4, 0.5) is 4.39 Å². The number of halogens is 1. The predicted octanol–water partition coefficient (Wildman–Crippen LogP) is 2.50. The molecular weight excluding hydrogens is 537 g/mol. The summed E-state index contributed by atoms with van der Waals surface area (Å²) in [5.41, 5.74) is 6.36. The number of nitrogens with one attached hydrogen (secondary N) is 1. The Bertz CT molecular complexity index is 1490. The summed E-state index contributed by atoms with van der Waals surface area (Å²) in [6.07, 6.45) is 0.299. The minimum absolute atomic E-state index is 0.0232. The van der Waals surface area contributed by atoms with Crippen LogP contribution >= 0.6 is 0 Å². The van der Waals surface area contributed by atoms with E-state index >= 15 is 0 Å². The van der Waals surface area contributed by atoms with Crippen LogP contribution in [-0.2, 0) is 36.4 Å². The Balaban J connectivity index is 1.29. The molecule has 9 nitrogen and oxygen atoms in total. The highest BCUT2D eigenvalue weighted by atomic mass is 32.2. The SMILES string of the molecule is N[C@@H](Cc1cccc(S(=O)(=O)N2CC(Oc3cccc(F)c3)(c3ccccc3)C2)c1)C(=O)OC1CCCNC1=O. The van der Waals surface area contributed by atoms with Crippen molar-refractivity contribution >= 4 is 21.9 Å². The molecule has 0 spiro atoms. The van der Waals surface area contributed by atoms with Crippen molar-refractivity contribution in [3.63, 3.8) is 0 Å². The first kappa shape index (κ1) is 27.8. The molecule has 2 atom stereocenters. The minimum atomic E-state index is -3.92. The van der Waals surface area contributed by atoms with Crippen LogP contribution in [0.5, 0.6) is 5.75 Å². The molecule has 210 valence electrons. The van der Waals surface area contributed by atoms with E-state index in [1.807, 2.05) is 30.3 Å². The highest BCUT2D eigenvalue weighted by Crippen LogP contribution is 2.40. The molecule has 5 rings (SSSR count). The van der Waals surface area contributed by atoms with E-state index in [0.29, 0.717) is 30.7 Å². The first-order valence-electron chi connectivity index (χ1n) is 13.0. The third-order valence-electron chi connectivity index (χ3n) is 7.06. The van der Waals surface area contributed by atoms with E-state index in [-0.39, 0.29) is 30.3 Å². The van der Waals surface area contributed by atoms with Gasteiger partial charge in [0, 0.05) is 12.6 Å². The van der Waals surface area contributed by atoms with Crippen molar-refractivity contribution in [2.75, 3.05) is 19.6 Å². The number of hydrogen-bond donors (Lipinski definition) is 2. The second-order valence-electron chi connectivity index (χ2n) is 10.0. The van der Waals surface area contributed by atoms with Gasteiger partial charge in [-0.25, -0.2) is 12.8 Å². The predicted molar refractivity (Wildman–Crippen MR) is 144 cm³/mol. The number of nitrogens with zero attached hydrogens (tertiary/aromatic N) is 1. The molecule has 2 fully saturated rings. The van der Waals surface area contributed by atoms with Crippen LogP contribution in [0, 0.1) is 5.82 Å². The molecule has 3 aromatic carbocycles. The third-order valence-corrected chi connectivity index (χ3v) is 8.85. The minimum Gasteiger partial charge on any atom is -0.480 e. The summed E-state index contributed by atoms with van der Waals surface area (Å²) >= 11 is 0. The molecule has 1 amide bonds. The van der Waals surface area contributed by atoms with Crippen molar-refractivity contribution in [1.29, 1.82) is 0 Å². The van der Waals surface area contributed by atoms with Gasteiger partial charge >= 0.3 is 5.97 Å². The largest absolute Gasteiger partial charge is 0.480 e. The van der Waals surface area contributed by atoms with Gasteiger partial charge in [-0.15, -0.1) is 0 Å². The number of carbonyl (C=O) groups is 2. The molecule has 2 aliphatic rings. The van der Waals surface area contributed by atoms with Crippen LogP contribution in [0.25, 0.3) is 0 Å². The maximum absolute atomic E-state index is 13.8. The van der Waals surface area contributed by atoms with E-state index in [2.05, 4.69) is 5.32 Å². The highest BCUT2D eigenvalue weighted by molar-refractivity contribution is 7.89. The lowest BCUT2D eigenvalue weighted by Crippen LogP contribution is -2.64. The van der Waals surface area contributed by atoms with Crippen molar-refractivity contribution in [1.82, 2.24) is 9.62 Å². The Morgan fingerprint density at radius 3 is 2.55 bits per heavy atom. The second kappa shape index (κ2) is 11.4.